The third kappa shape index (κ3) is 4.80. The van der Waals surface area contributed by atoms with E-state index < -0.39 is 0 Å². The van der Waals surface area contributed by atoms with E-state index in [2.05, 4.69) is 36.2 Å². The largest absolute Gasteiger partial charge is 0.486 e. The van der Waals surface area contributed by atoms with Crippen LogP contribution in [0.15, 0.2) is 18.2 Å². The highest BCUT2D eigenvalue weighted by Crippen LogP contribution is 2.46. The number of nitrogens with one attached hydrogen (secondary N) is 1. The van der Waals surface area contributed by atoms with Gasteiger partial charge in [0.1, 0.15) is 13.2 Å². The molecule has 2 unspecified atom stereocenters. The van der Waals surface area contributed by atoms with Crippen LogP contribution in [0.3, 0.4) is 0 Å². The van der Waals surface area contributed by atoms with Gasteiger partial charge in [-0.05, 0) is 81.1 Å². The van der Waals surface area contributed by atoms with Crippen LogP contribution < -0.4 is 14.8 Å². The first-order valence-electron chi connectivity index (χ1n) is 11.0. The quantitative estimate of drug-likeness (QED) is 0.778. The van der Waals surface area contributed by atoms with Crippen LogP contribution in [0.1, 0.15) is 57.4 Å². The van der Waals surface area contributed by atoms with Crippen LogP contribution in [-0.2, 0) is 4.79 Å². The van der Waals surface area contributed by atoms with E-state index in [0.717, 1.165) is 37.1 Å². The van der Waals surface area contributed by atoms with Crippen molar-refractivity contribution >= 4 is 5.91 Å². The summed E-state index contributed by atoms with van der Waals surface area (Å²) in [6.45, 7) is 8.81. The number of hydrogen-bond acceptors (Lipinski definition) is 4. The summed E-state index contributed by atoms with van der Waals surface area (Å²) in [5.74, 6) is 3.55. The second-order valence-electron chi connectivity index (χ2n) is 8.92. The Morgan fingerprint density at radius 1 is 1.14 bits per heavy atom. The first kappa shape index (κ1) is 19.6. The van der Waals surface area contributed by atoms with Gasteiger partial charge in [0.25, 0.3) is 0 Å². The highest BCUT2D eigenvalue weighted by molar-refractivity contribution is 5.77. The molecule has 2 aliphatic heterocycles. The van der Waals surface area contributed by atoms with Gasteiger partial charge in [-0.25, -0.2) is 0 Å². The van der Waals surface area contributed by atoms with Crippen molar-refractivity contribution in [3.63, 3.8) is 0 Å². The van der Waals surface area contributed by atoms with Gasteiger partial charge in [-0.15, -0.1) is 0 Å². The topological polar surface area (TPSA) is 50.8 Å². The first-order chi connectivity index (χ1) is 13.6. The lowest BCUT2D eigenvalue weighted by Crippen LogP contribution is -2.45. The molecule has 154 valence electrons. The SMILES string of the molecule is CC1CCN(C(C)CNC(=O)CC(c2ccc3c(c2)OCCO3)C2CC2)CC1. The maximum Gasteiger partial charge on any atom is 0.220 e. The summed E-state index contributed by atoms with van der Waals surface area (Å²) in [6, 6.07) is 6.60. The van der Waals surface area contributed by atoms with Crippen molar-refractivity contribution in [2.75, 3.05) is 32.8 Å². The molecule has 4 rings (SSSR count). The fourth-order valence-corrected chi connectivity index (χ4v) is 4.48. The van der Waals surface area contributed by atoms with Gasteiger partial charge in [0.2, 0.25) is 5.91 Å². The summed E-state index contributed by atoms with van der Waals surface area (Å²) in [4.78, 5) is 15.2. The molecule has 2 fully saturated rings. The van der Waals surface area contributed by atoms with E-state index in [-0.39, 0.29) is 11.8 Å². The molecule has 5 heteroatoms. The Kier molecular flexibility index (Phi) is 6.10. The summed E-state index contributed by atoms with van der Waals surface area (Å²) in [5, 5.41) is 3.20. The Hall–Kier alpha value is -1.75. The van der Waals surface area contributed by atoms with Crippen molar-refractivity contribution in [2.24, 2.45) is 11.8 Å². The highest BCUT2D eigenvalue weighted by Gasteiger charge is 2.34. The number of rotatable bonds is 7. The van der Waals surface area contributed by atoms with Gasteiger partial charge >= 0.3 is 0 Å². The predicted molar refractivity (Wildman–Crippen MR) is 110 cm³/mol. The Bertz CT molecular complexity index is 680. The number of ether oxygens (including phenoxy) is 2. The molecule has 1 aromatic rings. The van der Waals surface area contributed by atoms with Crippen molar-refractivity contribution in [1.29, 1.82) is 0 Å². The smallest absolute Gasteiger partial charge is 0.220 e. The summed E-state index contributed by atoms with van der Waals surface area (Å²) in [5.41, 5.74) is 1.21. The summed E-state index contributed by atoms with van der Waals surface area (Å²) in [7, 11) is 0. The van der Waals surface area contributed by atoms with E-state index in [1.165, 1.54) is 31.2 Å². The molecule has 1 amide bonds. The van der Waals surface area contributed by atoms with E-state index in [4.69, 9.17) is 9.47 Å². The third-order valence-corrected chi connectivity index (χ3v) is 6.63. The monoisotopic (exact) mass is 386 g/mol. The van der Waals surface area contributed by atoms with Crippen molar-refractivity contribution < 1.29 is 14.3 Å². The Morgan fingerprint density at radius 3 is 2.57 bits per heavy atom. The van der Waals surface area contributed by atoms with Crippen molar-refractivity contribution in [2.45, 2.75) is 57.9 Å². The molecule has 0 aromatic heterocycles. The number of hydrogen-bond donors (Lipinski definition) is 1. The maximum absolute atomic E-state index is 12.7. The highest BCUT2D eigenvalue weighted by atomic mass is 16.6. The van der Waals surface area contributed by atoms with Crippen LogP contribution in [0.25, 0.3) is 0 Å². The number of carbonyl (C=O) groups is 1. The van der Waals surface area contributed by atoms with Crippen LogP contribution in [0, 0.1) is 11.8 Å². The number of amides is 1. The standard InChI is InChI=1S/C23H34N2O3/c1-16-7-9-25(10-8-16)17(2)15-24-23(26)14-20(18-3-4-18)19-5-6-21-22(13-19)28-12-11-27-21/h5-6,13,16-18,20H,3-4,7-12,14-15H2,1-2H3,(H,24,26). The van der Waals surface area contributed by atoms with Gasteiger partial charge < -0.3 is 14.8 Å². The minimum atomic E-state index is 0.170. The average Bonchev–Trinajstić information content (AvgIpc) is 3.55. The number of likely N-dealkylation sites (tertiary alicyclic amines) is 1. The summed E-state index contributed by atoms with van der Waals surface area (Å²) >= 11 is 0. The Balaban J connectivity index is 1.31. The molecular weight excluding hydrogens is 352 g/mol. The molecule has 1 N–H and O–H groups in total. The van der Waals surface area contributed by atoms with Gasteiger partial charge in [0.15, 0.2) is 11.5 Å². The molecular formula is C23H34N2O3. The Morgan fingerprint density at radius 2 is 1.86 bits per heavy atom. The van der Waals surface area contributed by atoms with Crippen LogP contribution in [0.2, 0.25) is 0 Å². The number of nitrogens with zero attached hydrogens (tertiary/aromatic N) is 1. The van der Waals surface area contributed by atoms with Gasteiger partial charge in [0, 0.05) is 19.0 Å². The van der Waals surface area contributed by atoms with E-state index in [1.807, 2.05) is 6.07 Å². The predicted octanol–water partition coefficient (Wildman–Crippen LogP) is 3.58. The maximum atomic E-state index is 12.7. The zero-order valence-electron chi connectivity index (χ0n) is 17.3. The fraction of sp³-hybridized carbons (Fsp3) is 0.696. The lowest BCUT2D eigenvalue weighted by Gasteiger charge is -2.35. The molecule has 1 aromatic carbocycles. The van der Waals surface area contributed by atoms with Crippen molar-refractivity contribution in [1.82, 2.24) is 10.2 Å². The minimum absolute atomic E-state index is 0.170. The molecule has 1 saturated carbocycles. The lowest BCUT2D eigenvalue weighted by molar-refractivity contribution is -0.121. The molecule has 2 atom stereocenters. The molecule has 0 spiro atoms. The molecule has 0 bridgehead atoms. The normalized spacial score (nSPS) is 22.5. The van der Waals surface area contributed by atoms with Crippen molar-refractivity contribution in [3.8, 4) is 11.5 Å². The molecule has 0 radical (unpaired) electrons. The molecule has 5 nitrogen and oxygen atoms in total. The molecule has 28 heavy (non-hydrogen) atoms. The van der Waals surface area contributed by atoms with Crippen LogP contribution >= 0.6 is 0 Å². The molecule has 2 heterocycles. The van der Waals surface area contributed by atoms with Crippen LogP contribution in [-0.4, -0.2) is 49.7 Å². The first-order valence-corrected chi connectivity index (χ1v) is 11.0. The van der Waals surface area contributed by atoms with E-state index in [1.54, 1.807) is 0 Å². The van der Waals surface area contributed by atoms with Gasteiger partial charge in [-0.1, -0.05) is 13.0 Å². The van der Waals surface area contributed by atoms with Gasteiger partial charge in [0.05, 0.1) is 0 Å². The Labute approximate surface area is 168 Å². The fourth-order valence-electron chi connectivity index (χ4n) is 4.48. The van der Waals surface area contributed by atoms with E-state index in [0.29, 0.717) is 31.6 Å². The van der Waals surface area contributed by atoms with E-state index >= 15 is 0 Å². The third-order valence-electron chi connectivity index (χ3n) is 6.63. The second-order valence-corrected chi connectivity index (χ2v) is 8.92. The zero-order valence-corrected chi connectivity index (χ0v) is 17.3. The van der Waals surface area contributed by atoms with E-state index in [9.17, 15) is 4.79 Å². The van der Waals surface area contributed by atoms with Crippen molar-refractivity contribution in [3.05, 3.63) is 23.8 Å². The molecule has 3 aliphatic rings. The summed E-state index contributed by atoms with van der Waals surface area (Å²) < 4.78 is 11.4. The van der Waals surface area contributed by atoms with Crippen LogP contribution in [0.4, 0.5) is 0 Å². The lowest BCUT2D eigenvalue weighted by atomic mass is 9.90. The number of benzene rings is 1. The molecule has 1 aliphatic carbocycles. The summed E-state index contributed by atoms with van der Waals surface area (Å²) in [6.07, 6.45) is 5.54. The number of piperidine rings is 1. The second kappa shape index (κ2) is 8.73. The molecule has 1 saturated heterocycles. The van der Waals surface area contributed by atoms with Gasteiger partial charge in [-0.3, -0.25) is 9.69 Å². The zero-order chi connectivity index (χ0) is 19.5. The average molecular weight is 387 g/mol. The number of fused-ring (bicyclic) bond motifs is 1. The van der Waals surface area contributed by atoms with Gasteiger partial charge in [-0.2, -0.15) is 0 Å². The van der Waals surface area contributed by atoms with Crippen LogP contribution in [0.5, 0.6) is 11.5 Å². The minimum Gasteiger partial charge on any atom is -0.486 e. The number of carbonyl (C=O) groups excluding carboxylic acids is 1.